The smallest absolute Gasteiger partial charge is 0.369 e. The maximum absolute atomic E-state index is 12.8. The van der Waals surface area contributed by atoms with Crippen molar-refractivity contribution in [2.75, 3.05) is 37.8 Å². The van der Waals surface area contributed by atoms with Gasteiger partial charge in [-0.15, -0.1) is 0 Å². The van der Waals surface area contributed by atoms with Crippen LogP contribution in [0.1, 0.15) is 11.4 Å². The molecule has 0 amide bonds. The molecule has 2 rings (SSSR count). The second-order valence-electron chi connectivity index (χ2n) is 5.62. The lowest BCUT2D eigenvalue weighted by molar-refractivity contribution is -0.137. The molecule has 2 N–H and O–H groups in total. The number of anilines is 3. The summed E-state index contributed by atoms with van der Waals surface area (Å²) < 4.78 is 38.3. The normalized spacial score (nSPS) is 11.6. The molecule has 5 nitrogen and oxygen atoms in total. The van der Waals surface area contributed by atoms with Crippen molar-refractivity contribution in [2.24, 2.45) is 0 Å². The Kier molecular flexibility index (Phi) is 5.61. The predicted molar refractivity (Wildman–Crippen MR) is 88.5 cm³/mol. The summed E-state index contributed by atoms with van der Waals surface area (Å²) in [6.07, 6.45) is -4.38. The first-order valence-electron chi connectivity index (χ1n) is 7.42. The van der Waals surface area contributed by atoms with E-state index >= 15 is 0 Å². The number of aromatic nitrogens is 2. The first-order chi connectivity index (χ1) is 11.2. The summed E-state index contributed by atoms with van der Waals surface area (Å²) in [5, 5.41) is 6.06. The molecule has 0 aliphatic rings. The van der Waals surface area contributed by atoms with Gasteiger partial charge in [0.25, 0.3) is 0 Å². The molecule has 1 heterocycles. The monoisotopic (exact) mass is 339 g/mol. The van der Waals surface area contributed by atoms with E-state index in [0.29, 0.717) is 29.7 Å². The van der Waals surface area contributed by atoms with Gasteiger partial charge in [-0.05, 0) is 39.2 Å². The Morgan fingerprint density at radius 1 is 1.08 bits per heavy atom. The molecule has 2 aromatic rings. The van der Waals surface area contributed by atoms with Crippen LogP contribution in [0.4, 0.5) is 30.5 Å². The molecule has 130 valence electrons. The third-order valence-corrected chi connectivity index (χ3v) is 3.17. The van der Waals surface area contributed by atoms with E-state index in [1.807, 2.05) is 19.0 Å². The minimum Gasteiger partial charge on any atom is -0.369 e. The molecule has 0 radical (unpaired) electrons. The second-order valence-corrected chi connectivity index (χ2v) is 5.62. The summed E-state index contributed by atoms with van der Waals surface area (Å²) >= 11 is 0. The summed E-state index contributed by atoms with van der Waals surface area (Å²) in [4.78, 5) is 10.5. The van der Waals surface area contributed by atoms with Gasteiger partial charge >= 0.3 is 6.18 Å². The fraction of sp³-hybridized carbons (Fsp3) is 0.375. The summed E-state index contributed by atoms with van der Waals surface area (Å²) in [6.45, 7) is 3.26. The van der Waals surface area contributed by atoms with Crippen LogP contribution in [-0.4, -0.2) is 42.1 Å². The fourth-order valence-electron chi connectivity index (χ4n) is 2.05. The van der Waals surface area contributed by atoms with Gasteiger partial charge < -0.3 is 15.5 Å². The van der Waals surface area contributed by atoms with Crippen molar-refractivity contribution in [3.63, 3.8) is 0 Å². The van der Waals surface area contributed by atoms with Crippen LogP contribution in [-0.2, 0) is 6.18 Å². The topological polar surface area (TPSA) is 53.1 Å². The van der Waals surface area contributed by atoms with Crippen molar-refractivity contribution in [2.45, 2.75) is 13.1 Å². The van der Waals surface area contributed by atoms with Crippen LogP contribution >= 0.6 is 0 Å². The summed E-state index contributed by atoms with van der Waals surface area (Å²) in [5.41, 5.74) is -0.384. The maximum atomic E-state index is 12.8. The Labute approximate surface area is 138 Å². The lowest BCUT2D eigenvalue weighted by atomic mass is 10.2. The zero-order valence-corrected chi connectivity index (χ0v) is 13.8. The second kappa shape index (κ2) is 7.48. The number of halogens is 3. The highest BCUT2D eigenvalue weighted by Gasteiger charge is 2.30. The van der Waals surface area contributed by atoms with Gasteiger partial charge in [-0.3, -0.25) is 0 Å². The van der Waals surface area contributed by atoms with Gasteiger partial charge in [-0.25, -0.2) is 9.97 Å². The third-order valence-electron chi connectivity index (χ3n) is 3.17. The standard InChI is InChI=1S/C16H20F3N5/c1-11-21-14(20-7-8-24(2)3)10-15(22-11)23-13-6-4-5-12(9-13)16(17,18)19/h4-6,9-10H,7-8H2,1-3H3,(H2,20,21,22,23). The van der Waals surface area contributed by atoms with E-state index in [2.05, 4.69) is 20.6 Å². The maximum Gasteiger partial charge on any atom is 0.416 e. The molecular formula is C16H20F3N5. The highest BCUT2D eigenvalue weighted by molar-refractivity contribution is 5.60. The first-order valence-corrected chi connectivity index (χ1v) is 7.42. The summed E-state index contributed by atoms with van der Waals surface area (Å²) in [5.74, 6) is 1.59. The van der Waals surface area contributed by atoms with Gasteiger partial charge in [0, 0.05) is 24.8 Å². The van der Waals surface area contributed by atoms with Gasteiger partial charge in [0.05, 0.1) is 5.56 Å². The fourth-order valence-corrected chi connectivity index (χ4v) is 2.05. The number of hydrogen-bond acceptors (Lipinski definition) is 5. The Balaban J connectivity index is 2.13. The highest BCUT2D eigenvalue weighted by Crippen LogP contribution is 2.31. The van der Waals surface area contributed by atoms with E-state index in [-0.39, 0.29) is 0 Å². The number of aryl methyl sites for hydroxylation is 1. The van der Waals surface area contributed by atoms with Crippen LogP contribution in [0, 0.1) is 6.92 Å². The molecule has 8 heteroatoms. The van der Waals surface area contributed by atoms with Crippen LogP contribution in [0.25, 0.3) is 0 Å². The molecular weight excluding hydrogens is 319 g/mol. The quantitative estimate of drug-likeness (QED) is 0.843. The largest absolute Gasteiger partial charge is 0.416 e. The number of benzene rings is 1. The Bertz CT molecular complexity index is 686. The molecule has 0 aliphatic heterocycles. The number of hydrogen-bond donors (Lipinski definition) is 2. The molecule has 1 aromatic carbocycles. The zero-order valence-electron chi connectivity index (χ0n) is 13.8. The first kappa shape index (κ1) is 18.0. The van der Waals surface area contributed by atoms with Gasteiger partial charge in [0.1, 0.15) is 17.5 Å². The number of nitrogens with one attached hydrogen (secondary N) is 2. The molecule has 0 saturated heterocycles. The predicted octanol–water partition coefficient (Wildman–Crippen LogP) is 3.52. The average Bonchev–Trinajstić information content (AvgIpc) is 2.45. The van der Waals surface area contributed by atoms with E-state index in [1.165, 1.54) is 6.07 Å². The zero-order chi connectivity index (χ0) is 17.7. The molecule has 0 atom stereocenters. The van der Waals surface area contributed by atoms with Crippen LogP contribution < -0.4 is 10.6 Å². The van der Waals surface area contributed by atoms with Crippen molar-refractivity contribution in [1.29, 1.82) is 0 Å². The van der Waals surface area contributed by atoms with Crippen molar-refractivity contribution in [3.8, 4) is 0 Å². The molecule has 0 spiro atoms. The van der Waals surface area contributed by atoms with E-state index in [0.717, 1.165) is 18.7 Å². The third kappa shape index (κ3) is 5.38. The van der Waals surface area contributed by atoms with Gasteiger partial charge in [-0.2, -0.15) is 13.2 Å². The van der Waals surface area contributed by atoms with E-state index < -0.39 is 11.7 Å². The highest BCUT2D eigenvalue weighted by atomic mass is 19.4. The Morgan fingerprint density at radius 3 is 2.46 bits per heavy atom. The van der Waals surface area contributed by atoms with Gasteiger partial charge in [-0.1, -0.05) is 6.07 Å². The lowest BCUT2D eigenvalue weighted by Crippen LogP contribution is -2.21. The molecule has 0 bridgehead atoms. The number of nitrogens with zero attached hydrogens (tertiary/aromatic N) is 3. The minimum absolute atomic E-state index is 0.321. The molecule has 0 fully saturated rings. The van der Waals surface area contributed by atoms with Crippen molar-refractivity contribution in [1.82, 2.24) is 14.9 Å². The van der Waals surface area contributed by atoms with Gasteiger partial charge in [0.2, 0.25) is 0 Å². The summed E-state index contributed by atoms with van der Waals surface area (Å²) in [6, 6.07) is 6.67. The van der Waals surface area contributed by atoms with Crippen LogP contribution in [0.5, 0.6) is 0 Å². The molecule has 1 aromatic heterocycles. The molecule has 0 aliphatic carbocycles. The van der Waals surface area contributed by atoms with Crippen molar-refractivity contribution >= 4 is 17.3 Å². The van der Waals surface area contributed by atoms with E-state index in [4.69, 9.17) is 0 Å². The Morgan fingerprint density at radius 2 is 1.79 bits per heavy atom. The molecule has 0 unspecified atom stereocenters. The SMILES string of the molecule is Cc1nc(NCCN(C)C)cc(Nc2cccc(C(F)(F)F)c2)n1. The Hall–Kier alpha value is -2.35. The van der Waals surface area contributed by atoms with Crippen molar-refractivity contribution < 1.29 is 13.2 Å². The van der Waals surface area contributed by atoms with Crippen LogP contribution in [0.2, 0.25) is 0 Å². The average molecular weight is 339 g/mol. The summed E-state index contributed by atoms with van der Waals surface area (Å²) in [7, 11) is 3.93. The van der Waals surface area contributed by atoms with E-state index in [1.54, 1.807) is 19.1 Å². The lowest BCUT2D eigenvalue weighted by Gasteiger charge is -2.13. The molecule has 24 heavy (non-hydrogen) atoms. The number of likely N-dealkylation sites (N-methyl/N-ethyl adjacent to an activating group) is 1. The van der Waals surface area contributed by atoms with Crippen LogP contribution in [0.3, 0.4) is 0 Å². The van der Waals surface area contributed by atoms with E-state index in [9.17, 15) is 13.2 Å². The van der Waals surface area contributed by atoms with Gasteiger partial charge in [0.15, 0.2) is 0 Å². The van der Waals surface area contributed by atoms with Crippen LogP contribution in [0.15, 0.2) is 30.3 Å². The number of alkyl halides is 3. The minimum atomic E-state index is -4.38. The molecule has 0 saturated carbocycles. The number of rotatable bonds is 6. The van der Waals surface area contributed by atoms with Crippen molar-refractivity contribution in [3.05, 3.63) is 41.7 Å².